The Morgan fingerprint density at radius 3 is 2.52 bits per heavy atom. The second-order valence-electron chi connectivity index (χ2n) is 5.88. The number of rotatable bonds is 4. The molecule has 3 heterocycles. The van der Waals surface area contributed by atoms with Crippen LogP contribution in [-0.2, 0) is 4.79 Å². The van der Waals surface area contributed by atoms with Crippen molar-refractivity contribution in [2.24, 2.45) is 0 Å². The number of nitrogens with zero attached hydrogens (tertiary/aromatic N) is 2. The Kier molecular flexibility index (Phi) is 4.29. The molecule has 7 heteroatoms. The number of carbonyl (C=O) groups excluding carboxylic acids is 2. The molecule has 1 aliphatic heterocycles. The molecule has 1 aromatic carbocycles. The molecule has 0 bridgehead atoms. The number of pyridine rings is 1. The predicted octanol–water partition coefficient (Wildman–Crippen LogP) is 4.07. The molecule has 5 nitrogen and oxygen atoms in total. The van der Waals surface area contributed by atoms with Crippen LogP contribution in [0, 0.1) is 5.82 Å². The average Bonchev–Trinajstić information content (AvgIpc) is 3.31. The number of halogens is 1. The van der Waals surface area contributed by atoms with Crippen LogP contribution in [-0.4, -0.2) is 21.8 Å². The average molecular weight is 380 g/mol. The Bertz CT molecular complexity index is 1030. The van der Waals surface area contributed by atoms with E-state index in [-0.39, 0.29) is 5.57 Å². The summed E-state index contributed by atoms with van der Waals surface area (Å²) in [6.45, 7) is 0. The first kappa shape index (κ1) is 17.1. The zero-order chi connectivity index (χ0) is 19.0. The number of Topliss-reactive ketones (excluding diaryl/α,β-unsaturated/α-hetero) is 1. The number of thiophene rings is 1. The van der Waals surface area contributed by atoms with E-state index in [4.69, 9.17) is 0 Å². The van der Waals surface area contributed by atoms with Gasteiger partial charge in [0.15, 0.2) is 5.76 Å². The van der Waals surface area contributed by atoms with Crippen LogP contribution < -0.4 is 4.90 Å². The van der Waals surface area contributed by atoms with Crippen LogP contribution in [0.15, 0.2) is 77.5 Å². The van der Waals surface area contributed by atoms with E-state index >= 15 is 0 Å². The lowest BCUT2D eigenvalue weighted by atomic mass is 9.98. The highest BCUT2D eigenvalue weighted by atomic mass is 32.1. The molecule has 0 saturated heterocycles. The van der Waals surface area contributed by atoms with Gasteiger partial charge in [0, 0.05) is 11.9 Å². The summed E-state index contributed by atoms with van der Waals surface area (Å²) in [5.74, 6) is -2.23. The molecule has 4 rings (SSSR count). The van der Waals surface area contributed by atoms with Crippen LogP contribution in [0.4, 0.5) is 10.1 Å². The summed E-state index contributed by atoms with van der Waals surface area (Å²) in [4.78, 5) is 31.8. The topological polar surface area (TPSA) is 70.5 Å². The van der Waals surface area contributed by atoms with E-state index in [1.807, 2.05) is 0 Å². The van der Waals surface area contributed by atoms with Crippen LogP contribution in [0.3, 0.4) is 0 Å². The number of amides is 1. The molecule has 1 unspecified atom stereocenters. The lowest BCUT2D eigenvalue weighted by molar-refractivity contribution is -0.117. The van der Waals surface area contributed by atoms with Gasteiger partial charge in [0.05, 0.1) is 16.1 Å². The van der Waals surface area contributed by atoms with Crippen molar-refractivity contribution in [3.05, 3.63) is 93.9 Å². The molecular formula is C20H13FN2O3S. The largest absolute Gasteiger partial charge is 0.503 e. The van der Waals surface area contributed by atoms with Gasteiger partial charge < -0.3 is 5.11 Å². The fourth-order valence-corrected chi connectivity index (χ4v) is 3.74. The summed E-state index contributed by atoms with van der Waals surface area (Å²) >= 11 is 1.22. The van der Waals surface area contributed by atoms with Crippen molar-refractivity contribution in [3.63, 3.8) is 0 Å². The molecular weight excluding hydrogens is 367 g/mol. The molecule has 1 aliphatic rings. The third-order valence-electron chi connectivity index (χ3n) is 4.27. The van der Waals surface area contributed by atoms with E-state index in [2.05, 4.69) is 4.98 Å². The molecule has 134 valence electrons. The summed E-state index contributed by atoms with van der Waals surface area (Å²) in [6.07, 6.45) is 1.55. The van der Waals surface area contributed by atoms with E-state index in [0.29, 0.717) is 16.3 Å². The summed E-state index contributed by atoms with van der Waals surface area (Å²) in [7, 11) is 0. The number of hydrogen-bond acceptors (Lipinski definition) is 5. The number of aromatic nitrogens is 1. The molecule has 0 saturated carbocycles. The van der Waals surface area contributed by atoms with Crippen molar-refractivity contribution < 1.29 is 19.1 Å². The van der Waals surface area contributed by atoms with Gasteiger partial charge in [0.2, 0.25) is 5.78 Å². The number of aliphatic hydroxyl groups excluding tert-OH is 1. The molecule has 2 aromatic heterocycles. The molecule has 27 heavy (non-hydrogen) atoms. The number of benzene rings is 1. The number of hydrogen-bond donors (Lipinski definition) is 1. The van der Waals surface area contributed by atoms with Crippen LogP contribution in [0.2, 0.25) is 0 Å². The van der Waals surface area contributed by atoms with Crippen LogP contribution in [0.5, 0.6) is 0 Å². The Labute approximate surface area is 158 Å². The van der Waals surface area contributed by atoms with Gasteiger partial charge in [-0.25, -0.2) is 4.39 Å². The molecule has 1 amide bonds. The minimum atomic E-state index is -0.904. The van der Waals surface area contributed by atoms with E-state index < -0.39 is 29.3 Å². The van der Waals surface area contributed by atoms with Crippen molar-refractivity contribution >= 4 is 28.7 Å². The molecule has 0 spiro atoms. The number of ketones is 1. The normalized spacial score (nSPS) is 16.9. The van der Waals surface area contributed by atoms with E-state index in [9.17, 15) is 19.1 Å². The monoisotopic (exact) mass is 380 g/mol. The lowest BCUT2D eigenvalue weighted by Crippen LogP contribution is -2.31. The minimum Gasteiger partial charge on any atom is -0.503 e. The van der Waals surface area contributed by atoms with Crippen molar-refractivity contribution in [3.8, 4) is 0 Å². The zero-order valence-corrected chi connectivity index (χ0v) is 14.7. The summed E-state index contributed by atoms with van der Waals surface area (Å²) in [6, 6.07) is 12.9. The van der Waals surface area contributed by atoms with Gasteiger partial charge in [0.1, 0.15) is 11.9 Å². The second kappa shape index (κ2) is 6.77. The fraction of sp³-hybridized carbons (Fsp3) is 0.0500. The van der Waals surface area contributed by atoms with Crippen LogP contribution >= 0.6 is 11.3 Å². The van der Waals surface area contributed by atoms with E-state index in [1.54, 1.807) is 41.9 Å². The Morgan fingerprint density at radius 1 is 1.11 bits per heavy atom. The van der Waals surface area contributed by atoms with Crippen molar-refractivity contribution in [2.75, 3.05) is 4.90 Å². The predicted molar refractivity (Wildman–Crippen MR) is 99.2 cm³/mol. The number of carbonyl (C=O) groups is 2. The maximum absolute atomic E-state index is 13.3. The Balaban J connectivity index is 1.87. The third kappa shape index (κ3) is 2.92. The highest BCUT2D eigenvalue weighted by Crippen LogP contribution is 2.41. The van der Waals surface area contributed by atoms with E-state index in [0.717, 1.165) is 0 Å². The molecule has 3 aromatic rings. The first-order chi connectivity index (χ1) is 13.1. The Morgan fingerprint density at radius 2 is 1.89 bits per heavy atom. The van der Waals surface area contributed by atoms with Gasteiger partial charge >= 0.3 is 0 Å². The van der Waals surface area contributed by atoms with Gasteiger partial charge in [-0.1, -0.05) is 12.1 Å². The standard InChI is InChI=1S/C20H13FN2O3S/c21-12-6-8-13(9-7-12)23-17(14-4-1-2-10-22-14)16(19(25)20(23)26)18(24)15-5-3-11-27-15/h1-11,17,25H. The first-order valence-electron chi connectivity index (χ1n) is 8.09. The van der Waals surface area contributed by atoms with Gasteiger partial charge in [-0.05, 0) is 47.8 Å². The third-order valence-corrected chi connectivity index (χ3v) is 5.14. The van der Waals surface area contributed by atoms with Crippen LogP contribution in [0.25, 0.3) is 0 Å². The molecule has 0 fully saturated rings. The highest BCUT2D eigenvalue weighted by Gasteiger charge is 2.45. The lowest BCUT2D eigenvalue weighted by Gasteiger charge is -2.26. The maximum atomic E-state index is 13.3. The quantitative estimate of drug-likeness (QED) is 0.693. The Hall–Kier alpha value is -3.32. The smallest absolute Gasteiger partial charge is 0.294 e. The van der Waals surface area contributed by atoms with Crippen molar-refractivity contribution in [2.45, 2.75) is 6.04 Å². The fourth-order valence-electron chi connectivity index (χ4n) is 3.06. The molecule has 0 aliphatic carbocycles. The van der Waals surface area contributed by atoms with Crippen molar-refractivity contribution in [1.29, 1.82) is 0 Å². The number of anilines is 1. The first-order valence-corrected chi connectivity index (χ1v) is 8.97. The van der Waals surface area contributed by atoms with E-state index in [1.165, 1.54) is 40.5 Å². The SMILES string of the molecule is O=C(C1=C(O)C(=O)N(c2ccc(F)cc2)C1c1ccccn1)c1cccs1. The zero-order valence-electron chi connectivity index (χ0n) is 13.9. The summed E-state index contributed by atoms with van der Waals surface area (Å²) < 4.78 is 13.3. The summed E-state index contributed by atoms with van der Waals surface area (Å²) in [5.41, 5.74) is 0.752. The summed E-state index contributed by atoms with van der Waals surface area (Å²) in [5, 5.41) is 12.3. The number of aliphatic hydroxyl groups is 1. The van der Waals surface area contributed by atoms with Crippen molar-refractivity contribution in [1.82, 2.24) is 4.98 Å². The van der Waals surface area contributed by atoms with Gasteiger partial charge in [-0.15, -0.1) is 11.3 Å². The van der Waals surface area contributed by atoms with Gasteiger partial charge in [-0.2, -0.15) is 0 Å². The molecule has 0 radical (unpaired) electrons. The molecule has 1 N–H and O–H groups in total. The van der Waals surface area contributed by atoms with Gasteiger partial charge in [0.25, 0.3) is 5.91 Å². The van der Waals surface area contributed by atoms with Crippen LogP contribution in [0.1, 0.15) is 21.4 Å². The minimum absolute atomic E-state index is 0.0366. The highest BCUT2D eigenvalue weighted by molar-refractivity contribution is 7.12. The van der Waals surface area contributed by atoms with Gasteiger partial charge in [-0.3, -0.25) is 19.5 Å². The maximum Gasteiger partial charge on any atom is 0.294 e. The second-order valence-corrected chi connectivity index (χ2v) is 6.83. The molecule has 1 atom stereocenters.